The van der Waals surface area contributed by atoms with Crippen LogP contribution in [0.3, 0.4) is 0 Å². The van der Waals surface area contributed by atoms with Gasteiger partial charge in [-0.05, 0) is 25.5 Å². The van der Waals surface area contributed by atoms with Gasteiger partial charge in [0.1, 0.15) is 0 Å². The van der Waals surface area contributed by atoms with Crippen molar-refractivity contribution in [1.82, 2.24) is 4.98 Å². The summed E-state index contributed by atoms with van der Waals surface area (Å²) in [6.45, 7) is 4.44. The van der Waals surface area contributed by atoms with Crippen LogP contribution in [0.2, 0.25) is 0 Å². The monoisotopic (exact) mass is 152 g/mol. The summed E-state index contributed by atoms with van der Waals surface area (Å²) in [7, 11) is 0. The molecule has 1 aromatic rings. The fraction of sp³-hybridized carbons (Fsp3) is 0.375. The Balaban J connectivity index is 2.90. The second-order valence-corrected chi connectivity index (χ2v) is 2.34. The third-order valence-corrected chi connectivity index (χ3v) is 1.30. The lowest BCUT2D eigenvalue weighted by Gasteiger charge is -2.04. The van der Waals surface area contributed by atoms with Gasteiger partial charge in [-0.25, -0.2) is 4.98 Å². The van der Waals surface area contributed by atoms with Crippen molar-refractivity contribution in [1.29, 1.82) is 0 Å². The van der Waals surface area contributed by atoms with E-state index in [1.54, 1.807) is 6.20 Å². The summed E-state index contributed by atoms with van der Waals surface area (Å²) in [4.78, 5) is 4.02. The molecule has 11 heavy (non-hydrogen) atoms. The second-order valence-electron chi connectivity index (χ2n) is 2.34. The molecule has 0 atom stereocenters. The van der Waals surface area contributed by atoms with E-state index in [1.165, 1.54) is 0 Å². The summed E-state index contributed by atoms with van der Waals surface area (Å²) in [5, 5.41) is 0. The van der Waals surface area contributed by atoms with Crippen molar-refractivity contribution < 1.29 is 4.74 Å². The summed E-state index contributed by atoms with van der Waals surface area (Å²) >= 11 is 0. The Labute approximate surface area is 66.2 Å². The van der Waals surface area contributed by atoms with E-state index < -0.39 is 0 Å². The quantitative estimate of drug-likeness (QED) is 0.696. The first-order valence-electron chi connectivity index (χ1n) is 3.59. The second kappa shape index (κ2) is 3.23. The maximum atomic E-state index is 5.62. The number of nitrogens with two attached hydrogens (primary N) is 1. The zero-order valence-electron chi connectivity index (χ0n) is 6.79. The number of rotatable bonds is 2. The number of pyridine rings is 1. The van der Waals surface area contributed by atoms with Gasteiger partial charge in [0.2, 0.25) is 5.88 Å². The third kappa shape index (κ3) is 1.83. The number of anilines is 1. The van der Waals surface area contributed by atoms with Crippen LogP contribution in [-0.2, 0) is 0 Å². The highest BCUT2D eigenvalue weighted by atomic mass is 16.5. The minimum Gasteiger partial charge on any atom is -0.477 e. The normalized spacial score (nSPS) is 9.64. The molecular weight excluding hydrogens is 140 g/mol. The highest BCUT2D eigenvalue weighted by Crippen LogP contribution is 2.17. The first-order valence-corrected chi connectivity index (χ1v) is 3.59. The standard InChI is InChI=1S/C8H12N2O/c1-3-11-8-7(9)4-6(2)5-10-8/h4-5H,3,9H2,1-2H3. The fourth-order valence-electron chi connectivity index (χ4n) is 0.837. The highest BCUT2D eigenvalue weighted by molar-refractivity contribution is 5.49. The van der Waals surface area contributed by atoms with Gasteiger partial charge in [0.05, 0.1) is 12.3 Å². The Morgan fingerprint density at radius 1 is 1.64 bits per heavy atom. The molecule has 0 aliphatic carbocycles. The average Bonchev–Trinajstić information content (AvgIpc) is 1.95. The molecule has 1 aromatic heterocycles. The molecule has 2 N–H and O–H groups in total. The Bertz CT molecular complexity index is 248. The minimum atomic E-state index is 0.526. The lowest BCUT2D eigenvalue weighted by atomic mass is 10.3. The van der Waals surface area contributed by atoms with Crippen molar-refractivity contribution in [3.8, 4) is 5.88 Å². The number of hydrogen-bond donors (Lipinski definition) is 1. The minimum absolute atomic E-state index is 0.526. The van der Waals surface area contributed by atoms with E-state index in [0.717, 1.165) is 5.56 Å². The molecule has 60 valence electrons. The Hall–Kier alpha value is -1.25. The highest BCUT2D eigenvalue weighted by Gasteiger charge is 1.99. The largest absolute Gasteiger partial charge is 0.477 e. The van der Waals surface area contributed by atoms with Crippen molar-refractivity contribution in [2.45, 2.75) is 13.8 Å². The van der Waals surface area contributed by atoms with Gasteiger partial charge in [0.15, 0.2) is 0 Å². The van der Waals surface area contributed by atoms with Gasteiger partial charge in [0, 0.05) is 6.20 Å². The predicted octanol–water partition coefficient (Wildman–Crippen LogP) is 1.37. The van der Waals surface area contributed by atoms with E-state index in [4.69, 9.17) is 10.5 Å². The van der Waals surface area contributed by atoms with Crippen molar-refractivity contribution in [2.24, 2.45) is 0 Å². The molecule has 0 saturated heterocycles. The number of aromatic nitrogens is 1. The maximum absolute atomic E-state index is 5.62. The summed E-state index contributed by atoms with van der Waals surface area (Å²) in [6.07, 6.45) is 1.74. The molecule has 1 heterocycles. The third-order valence-electron chi connectivity index (χ3n) is 1.30. The average molecular weight is 152 g/mol. The van der Waals surface area contributed by atoms with Gasteiger partial charge in [0.25, 0.3) is 0 Å². The first kappa shape index (κ1) is 7.85. The van der Waals surface area contributed by atoms with Crippen LogP contribution in [0.1, 0.15) is 12.5 Å². The van der Waals surface area contributed by atoms with Crippen molar-refractivity contribution >= 4 is 5.69 Å². The maximum Gasteiger partial charge on any atom is 0.237 e. The van der Waals surface area contributed by atoms with Gasteiger partial charge >= 0.3 is 0 Å². The summed E-state index contributed by atoms with van der Waals surface area (Å²) in [5.41, 5.74) is 7.27. The molecule has 0 radical (unpaired) electrons. The molecule has 0 saturated carbocycles. The zero-order chi connectivity index (χ0) is 8.27. The predicted molar refractivity (Wildman–Crippen MR) is 44.6 cm³/mol. The summed E-state index contributed by atoms with van der Waals surface area (Å²) < 4.78 is 5.16. The topological polar surface area (TPSA) is 48.1 Å². The van der Waals surface area contributed by atoms with Gasteiger partial charge in [-0.1, -0.05) is 0 Å². The molecule has 0 aliphatic rings. The summed E-state index contributed by atoms with van der Waals surface area (Å²) in [6, 6.07) is 1.85. The van der Waals surface area contributed by atoms with Crippen LogP contribution in [0.25, 0.3) is 0 Å². The zero-order valence-corrected chi connectivity index (χ0v) is 6.79. The lowest BCUT2D eigenvalue weighted by Crippen LogP contribution is -1.99. The molecule has 3 heteroatoms. The smallest absolute Gasteiger partial charge is 0.237 e. The number of aryl methyl sites for hydroxylation is 1. The van der Waals surface area contributed by atoms with Crippen LogP contribution in [0.5, 0.6) is 5.88 Å². The van der Waals surface area contributed by atoms with Crippen LogP contribution < -0.4 is 10.5 Å². The van der Waals surface area contributed by atoms with Gasteiger partial charge in [-0.2, -0.15) is 0 Å². The molecule has 0 fully saturated rings. The van der Waals surface area contributed by atoms with Gasteiger partial charge < -0.3 is 10.5 Å². The van der Waals surface area contributed by atoms with Crippen LogP contribution in [-0.4, -0.2) is 11.6 Å². The van der Waals surface area contributed by atoms with E-state index in [-0.39, 0.29) is 0 Å². The molecule has 0 amide bonds. The molecule has 3 nitrogen and oxygen atoms in total. The number of nitrogens with zero attached hydrogens (tertiary/aromatic N) is 1. The molecule has 0 unspecified atom stereocenters. The van der Waals surface area contributed by atoms with Crippen molar-refractivity contribution in [2.75, 3.05) is 12.3 Å². The molecule has 0 aliphatic heterocycles. The van der Waals surface area contributed by atoms with E-state index in [9.17, 15) is 0 Å². The number of hydrogen-bond acceptors (Lipinski definition) is 3. The molecular formula is C8H12N2O. The fourth-order valence-corrected chi connectivity index (χ4v) is 0.837. The van der Waals surface area contributed by atoms with E-state index >= 15 is 0 Å². The van der Waals surface area contributed by atoms with Crippen LogP contribution in [0.4, 0.5) is 5.69 Å². The van der Waals surface area contributed by atoms with Gasteiger partial charge in [-0.15, -0.1) is 0 Å². The molecule has 0 bridgehead atoms. The van der Waals surface area contributed by atoms with Crippen LogP contribution >= 0.6 is 0 Å². The SMILES string of the molecule is CCOc1ncc(C)cc1N. The van der Waals surface area contributed by atoms with Crippen LogP contribution in [0.15, 0.2) is 12.3 Å². The van der Waals surface area contributed by atoms with Crippen molar-refractivity contribution in [3.63, 3.8) is 0 Å². The molecule has 0 spiro atoms. The van der Waals surface area contributed by atoms with Crippen molar-refractivity contribution in [3.05, 3.63) is 17.8 Å². The van der Waals surface area contributed by atoms with E-state index in [0.29, 0.717) is 18.2 Å². The van der Waals surface area contributed by atoms with Gasteiger partial charge in [-0.3, -0.25) is 0 Å². The number of ether oxygens (including phenoxy) is 1. The van der Waals surface area contributed by atoms with E-state index in [1.807, 2.05) is 19.9 Å². The Kier molecular flexibility index (Phi) is 2.31. The summed E-state index contributed by atoms with van der Waals surface area (Å²) in [5.74, 6) is 0.526. The van der Waals surface area contributed by atoms with Crippen LogP contribution in [0, 0.1) is 6.92 Å². The Morgan fingerprint density at radius 3 is 2.91 bits per heavy atom. The molecule has 0 aromatic carbocycles. The van der Waals surface area contributed by atoms with E-state index in [2.05, 4.69) is 4.98 Å². The first-order chi connectivity index (χ1) is 5.24. The lowest BCUT2D eigenvalue weighted by molar-refractivity contribution is 0.329. The molecule has 1 rings (SSSR count). The Morgan fingerprint density at radius 2 is 2.36 bits per heavy atom. The number of nitrogen functional groups attached to an aromatic ring is 1.